The summed E-state index contributed by atoms with van der Waals surface area (Å²) < 4.78 is 36.9. The monoisotopic (exact) mass is 891 g/mol. The third-order valence-electron chi connectivity index (χ3n) is 10.4. The van der Waals surface area contributed by atoms with Crippen molar-refractivity contribution in [3.63, 3.8) is 0 Å². The van der Waals surface area contributed by atoms with Crippen molar-refractivity contribution in [3.8, 4) is 32.5 Å². The summed E-state index contributed by atoms with van der Waals surface area (Å²) in [4.78, 5) is 4.09. The van der Waals surface area contributed by atoms with Crippen molar-refractivity contribution in [2.45, 2.75) is 67.8 Å². The smallest absolute Gasteiger partial charge is 0.304 e. The molecule has 10 nitrogen and oxygen atoms in total. The summed E-state index contributed by atoms with van der Waals surface area (Å²) in [6.07, 6.45) is 4.03. The van der Waals surface area contributed by atoms with Crippen LogP contribution in [0.25, 0.3) is 32.5 Å². The average molecular weight is 894 g/mol. The van der Waals surface area contributed by atoms with Crippen molar-refractivity contribution in [1.29, 1.82) is 0 Å². The predicted molar refractivity (Wildman–Crippen MR) is 224 cm³/mol. The highest BCUT2D eigenvalue weighted by molar-refractivity contribution is 7.88. The van der Waals surface area contributed by atoms with Gasteiger partial charge in [0.2, 0.25) is 0 Å². The Morgan fingerprint density at radius 1 is 0.750 bits per heavy atom. The van der Waals surface area contributed by atoms with Gasteiger partial charge in [-0.05, 0) is 124 Å². The highest BCUT2D eigenvalue weighted by atomic mass is 35.5. The van der Waals surface area contributed by atoms with Crippen LogP contribution in [-0.4, -0.2) is 67.8 Å². The van der Waals surface area contributed by atoms with Crippen LogP contribution in [0.2, 0.25) is 20.1 Å². The van der Waals surface area contributed by atoms with Crippen LogP contribution in [0.4, 0.5) is 0 Å². The van der Waals surface area contributed by atoms with E-state index >= 15 is 0 Å². The summed E-state index contributed by atoms with van der Waals surface area (Å²) in [6.45, 7) is 1.72. The quantitative estimate of drug-likeness (QED) is 0.0685. The van der Waals surface area contributed by atoms with Gasteiger partial charge in [-0.2, -0.15) is 18.6 Å². The van der Waals surface area contributed by atoms with Crippen LogP contribution in [0.1, 0.15) is 84.4 Å². The molecule has 2 aromatic carbocycles. The molecule has 17 heteroatoms. The summed E-state index contributed by atoms with van der Waals surface area (Å²) in [6, 6.07) is 14.0. The Labute approximate surface area is 352 Å². The van der Waals surface area contributed by atoms with E-state index in [9.17, 15) is 23.2 Å². The van der Waals surface area contributed by atoms with Gasteiger partial charge in [0.25, 0.3) is 0 Å². The van der Waals surface area contributed by atoms with Gasteiger partial charge in [0.1, 0.15) is 4.21 Å². The molecule has 8 rings (SSSR count). The molecule has 0 fully saturated rings. The lowest BCUT2D eigenvalue weighted by atomic mass is 10.0. The second kappa shape index (κ2) is 16.1. The molecule has 0 saturated heterocycles. The molecule has 4 aromatic heterocycles. The van der Waals surface area contributed by atoms with Gasteiger partial charge in [0.15, 0.2) is 0 Å². The fourth-order valence-electron chi connectivity index (χ4n) is 7.69. The number of rotatable bonds is 15. The van der Waals surface area contributed by atoms with Gasteiger partial charge in [0, 0.05) is 34.0 Å². The summed E-state index contributed by atoms with van der Waals surface area (Å²) in [7, 11) is -2.29. The first kappa shape index (κ1) is 40.0. The predicted octanol–water partition coefficient (Wildman–Crippen LogP) is 10.2. The van der Waals surface area contributed by atoms with Crippen LogP contribution in [0, 0.1) is 0 Å². The summed E-state index contributed by atoms with van der Waals surface area (Å²) in [5.74, 6) is 0. The average Bonchev–Trinajstić information content (AvgIpc) is 3.97. The van der Waals surface area contributed by atoms with Crippen molar-refractivity contribution < 1.29 is 23.2 Å². The first-order valence-electron chi connectivity index (χ1n) is 18.1. The van der Waals surface area contributed by atoms with Crippen LogP contribution in [0.15, 0.2) is 58.1 Å². The van der Waals surface area contributed by atoms with Gasteiger partial charge < -0.3 is 15.1 Å². The molecule has 56 heavy (non-hydrogen) atoms. The van der Waals surface area contributed by atoms with Crippen molar-refractivity contribution >= 4 is 79.2 Å². The minimum atomic E-state index is -4.38. The van der Waals surface area contributed by atoms with E-state index in [0.29, 0.717) is 67.0 Å². The molecular weight excluding hydrogens is 856 g/mol. The fraction of sp³-hybridized carbons (Fsp3) is 0.333. The number of halogens is 4. The zero-order valence-electron chi connectivity index (χ0n) is 30.1. The number of fused-ring (bicyclic) bond motifs is 6. The molecule has 294 valence electrons. The molecular formula is C39H37Cl4N5O5S3. The van der Waals surface area contributed by atoms with Gasteiger partial charge >= 0.3 is 10.1 Å². The highest BCUT2D eigenvalue weighted by Gasteiger charge is 2.35. The number of aliphatic hydroxyl groups excluding tert-OH is 2. The summed E-state index contributed by atoms with van der Waals surface area (Å²) in [5.41, 5.74) is 8.00. The molecule has 0 bridgehead atoms. The van der Waals surface area contributed by atoms with E-state index in [1.807, 2.05) is 10.7 Å². The van der Waals surface area contributed by atoms with Crippen LogP contribution in [0.5, 0.6) is 0 Å². The Hall–Kier alpha value is -2.79. The van der Waals surface area contributed by atoms with E-state index in [2.05, 4.69) is 23.4 Å². The number of hydrogen-bond acceptors (Lipinski definition) is 9. The lowest BCUT2D eigenvalue weighted by molar-refractivity contribution is 0.153. The molecule has 6 aromatic rings. The van der Waals surface area contributed by atoms with E-state index in [-0.39, 0.29) is 4.21 Å². The SMILES string of the molecule is CN(CCCCC(O)c1nn(-c2ccc(Cl)cc2Cl)c2c1Cc1ccsc1-2)CCCCC(O)c1nn(-c2ccc(Cl)cc2Cl)c2c1Cc1cc(S(=O)(=O)O)sc1-2. The molecule has 0 aliphatic heterocycles. The Morgan fingerprint density at radius 2 is 1.27 bits per heavy atom. The van der Waals surface area contributed by atoms with E-state index in [0.717, 1.165) is 89.5 Å². The molecule has 0 amide bonds. The van der Waals surface area contributed by atoms with Crippen LogP contribution in [-0.2, 0) is 23.0 Å². The maximum absolute atomic E-state index is 11.9. The van der Waals surface area contributed by atoms with E-state index in [1.165, 1.54) is 11.6 Å². The first-order chi connectivity index (χ1) is 26.8. The number of aromatic nitrogens is 4. The molecule has 3 N–H and O–H groups in total. The second-order valence-electron chi connectivity index (χ2n) is 14.3. The fourth-order valence-corrected chi connectivity index (χ4v) is 11.6. The Morgan fingerprint density at radius 3 is 1.79 bits per heavy atom. The van der Waals surface area contributed by atoms with Gasteiger partial charge in [-0.1, -0.05) is 46.4 Å². The second-order valence-corrected chi connectivity index (χ2v) is 19.6. The van der Waals surface area contributed by atoms with Crippen LogP contribution >= 0.6 is 69.1 Å². The highest BCUT2D eigenvalue weighted by Crippen LogP contribution is 2.48. The standard InChI is InChI=1S/C39H37Cl4N5O5S3/c1-46(13-4-2-6-31(49)34-25-16-21-12-15-54-38(21)36(25)47(44-34)29-10-8-23(40)19-27(29)42)14-5-3-7-32(50)35-26-17-22-18-33(56(51,52)53)55-39(22)37(26)48(45-35)30-11-9-24(41)20-28(30)43/h8-12,15,18-20,31-32,49-50H,2-7,13-14,16-17H2,1H3,(H,51,52,53). The zero-order chi connectivity index (χ0) is 39.5. The van der Waals surface area contributed by atoms with Crippen molar-refractivity contribution in [2.24, 2.45) is 0 Å². The van der Waals surface area contributed by atoms with Crippen molar-refractivity contribution in [1.82, 2.24) is 24.5 Å². The van der Waals surface area contributed by atoms with Crippen LogP contribution < -0.4 is 0 Å². The first-order valence-corrected chi connectivity index (χ1v) is 22.8. The van der Waals surface area contributed by atoms with Gasteiger partial charge in [0.05, 0.1) is 66.2 Å². The molecule has 2 aliphatic rings. The van der Waals surface area contributed by atoms with Gasteiger partial charge in [-0.15, -0.1) is 22.7 Å². The molecule has 2 unspecified atom stereocenters. The number of unbranched alkanes of at least 4 members (excludes halogenated alkanes) is 2. The normalized spacial score (nSPS) is 14.3. The molecule has 0 saturated carbocycles. The lowest BCUT2D eigenvalue weighted by Gasteiger charge is -2.17. The minimum Gasteiger partial charge on any atom is -0.387 e. The Bertz CT molecular complexity index is 2560. The lowest BCUT2D eigenvalue weighted by Crippen LogP contribution is -2.21. The maximum atomic E-state index is 11.9. The summed E-state index contributed by atoms with van der Waals surface area (Å²) in [5, 5.41) is 36.4. The van der Waals surface area contributed by atoms with Crippen LogP contribution in [0.3, 0.4) is 0 Å². The van der Waals surface area contributed by atoms with Gasteiger partial charge in [-0.3, -0.25) is 4.55 Å². The Kier molecular flexibility index (Phi) is 11.5. The zero-order valence-corrected chi connectivity index (χ0v) is 35.5. The summed E-state index contributed by atoms with van der Waals surface area (Å²) >= 11 is 28.2. The van der Waals surface area contributed by atoms with Crippen molar-refractivity contribution in [3.05, 3.63) is 108 Å². The molecule has 2 atom stereocenters. The third kappa shape index (κ3) is 7.73. The largest absolute Gasteiger partial charge is 0.387 e. The molecule has 0 spiro atoms. The topological polar surface area (TPSA) is 134 Å². The minimum absolute atomic E-state index is 0.140. The number of nitrogens with zero attached hydrogens (tertiary/aromatic N) is 5. The van der Waals surface area contributed by atoms with Gasteiger partial charge in [-0.25, -0.2) is 9.36 Å². The maximum Gasteiger partial charge on any atom is 0.304 e. The number of thiophene rings is 2. The molecule has 2 aliphatic carbocycles. The number of aliphatic hydroxyl groups is 2. The van der Waals surface area contributed by atoms with E-state index < -0.39 is 22.3 Å². The van der Waals surface area contributed by atoms with E-state index in [1.54, 1.807) is 46.4 Å². The Balaban J connectivity index is 0.857. The number of hydrogen-bond donors (Lipinski definition) is 3. The molecule has 4 heterocycles. The number of benzene rings is 2. The van der Waals surface area contributed by atoms with E-state index in [4.69, 9.17) is 56.6 Å². The van der Waals surface area contributed by atoms with Crippen molar-refractivity contribution in [2.75, 3.05) is 20.1 Å². The third-order valence-corrected chi connectivity index (χ3v) is 14.9. The molecule has 0 radical (unpaired) electrons.